The molecule has 1 amide bonds. The van der Waals surface area contributed by atoms with Crippen molar-refractivity contribution >= 4 is 21.6 Å². The standard InChI is InChI=1S/C22H25N3O4S/c1-24(2)20(21-13-8-14-29-21)16-23-22(26)17-9-7-12-19(15-17)30(27,28)25(3)18-10-5-4-6-11-18/h4-15,20H,16H2,1-3H3,(H,23,26). The third kappa shape index (κ3) is 4.72. The first-order chi connectivity index (χ1) is 14.3. The van der Waals surface area contributed by atoms with Crippen LogP contribution in [-0.4, -0.2) is 46.9 Å². The normalized spacial score (nSPS) is 12.5. The Bertz CT molecular complexity index is 1080. The fourth-order valence-corrected chi connectivity index (χ4v) is 4.28. The first kappa shape index (κ1) is 21.6. The van der Waals surface area contributed by atoms with E-state index in [4.69, 9.17) is 4.42 Å². The molecule has 1 aromatic heterocycles. The minimum Gasteiger partial charge on any atom is -0.468 e. The molecular formula is C22H25N3O4S. The van der Waals surface area contributed by atoms with E-state index in [2.05, 4.69) is 5.32 Å². The molecule has 7 nitrogen and oxygen atoms in total. The molecule has 1 atom stereocenters. The van der Waals surface area contributed by atoms with Gasteiger partial charge in [0.25, 0.3) is 15.9 Å². The monoisotopic (exact) mass is 427 g/mol. The molecule has 8 heteroatoms. The Hall–Kier alpha value is -3.10. The van der Waals surface area contributed by atoms with Crippen LogP contribution in [0.15, 0.2) is 82.3 Å². The van der Waals surface area contributed by atoms with Gasteiger partial charge in [0.05, 0.1) is 22.9 Å². The zero-order valence-electron chi connectivity index (χ0n) is 17.1. The molecule has 0 aliphatic rings. The van der Waals surface area contributed by atoms with Crippen molar-refractivity contribution in [2.75, 3.05) is 32.0 Å². The van der Waals surface area contributed by atoms with E-state index in [1.807, 2.05) is 31.1 Å². The minimum absolute atomic E-state index is 0.0525. The Kier molecular flexibility index (Phi) is 6.59. The van der Waals surface area contributed by atoms with Crippen LogP contribution in [0.2, 0.25) is 0 Å². The quantitative estimate of drug-likeness (QED) is 0.597. The van der Waals surface area contributed by atoms with Gasteiger partial charge in [-0.15, -0.1) is 0 Å². The number of sulfonamides is 1. The van der Waals surface area contributed by atoms with Crippen molar-refractivity contribution in [2.45, 2.75) is 10.9 Å². The van der Waals surface area contributed by atoms with Crippen molar-refractivity contribution in [1.82, 2.24) is 10.2 Å². The number of hydrogen-bond donors (Lipinski definition) is 1. The zero-order chi connectivity index (χ0) is 21.7. The second-order valence-corrected chi connectivity index (χ2v) is 9.01. The van der Waals surface area contributed by atoms with Gasteiger partial charge in [0.1, 0.15) is 5.76 Å². The van der Waals surface area contributed by atoms with Crippen LogP contribution in [0.25, 0.3) is 0 Å². The van der Waals surface area contributed by atoms with Gasteiger partial charge in [-0.05, 0) is 56.6 Å². The Morgan fingerprint density at radius 1 is 1.00 bits per heavy atom. The molecular weight excluding hydrogens is 402 g/mol. The number of anilines is 1. The average Bonchev–Trinajstić information content (AvgIpc) is 3.28. The maximum absolute atomic E-state index is 13.0. The fraction of sp³-hybridized carbons (Fsp3) is 0.227. The number of benzene rings is 2. The summed E-state index contributed by atoms with van der Waals surface area (Å²) in [7, 11) is 1.48. The maximum atomic E-state index is 13.0. The Labute approximate surface area is 177 Å². The van der Waals surface area contributed by atoms with E-state index in [9.17, 15) is 13.2 Å². The summed E-state index contributed by atoms with van der Waals surface area (Å²) in [4.78, 5) is 14.7. The molecule has 1 unspecified atom stereocenters. The zero-order valence-corrected chi connectivity index (χ0v) is 18.0. The minimum atomic E-state index is -3.80. The van der Waals surface area contributed by atoms with E-state index in [1.54, 1.807) is 48.7 Å². The summed E-state index contributed by atoms with van der Waals surface area (Å²) in [5, 5.41) is 2.86. The highest BCUT2D eigenvalue weighted by atomic mass is 32.2. The summed E-state index contributed by atoms with van der Waals surface area (Å²) in [6.07, 6.45) is 1.59. The molecule has 0 spiro atoms. The lowest BCUT2D eigenvalue weighted by atomic mass is 10.2. The molecule has 0 aliphatic heterocycles. The fourth-order valence-electron chi connectivity index (χ4n) is 3.04. The third-order valence-corrected chi connectivity index (χ3v) is 6.61. The Morgan fingerprint density at radius 3 is 2.37 bits per heavy atom. The van der Waals surface area contributed by atoms with Gasteiger partial charge in [0.2, 0.25) is 0 Å². The second kappa shape index (κ2) is 9.15. The molecule has 1 heterocycles. The largest absolute Gasteiger partial charge is 0.468 e. The number of carbonyl (C=O) groups is 1. The second-order valence-electron chi connectivity index (χ2n) is 7.04. The topological polar surface area (TPSA) is 82.9 Å². The van der Waals surface area contributed by atoms with Gasteiger partial charge in [-0.25, -0.2) is 8.42 Å². The lowest BCUT2D eigenvalue weighted by Gasteiger charge is -2.22. The molecule has 0 radical (unpaired) electrons. The number of amides is 1. The van der Waals surface area contributed by atoms with Crippen LogP contribution in [-0.2, 0) is 10.0 Å². The van der Waals surface area contributed by atoms with Crippen LogP contribution in [0, 0.1) is 0 Å². The predicted molar refractivity (Wildman–Crippen MR) is 116 cm³/mol. The van der Waals surface area contributed by atoms with E-state index in [-0.39, 0.29) is 22.4 Å². The summed E-state index contributed by atoms with van der Waals surface area (Å²) >= 11 is 0. The molecule has 0 fully saturated rings. The first-order valence-corrected chi connectivity index (χ1v) is 10.9. The molecule has 0 saturated heterocycles. The number of para-hydroxylation sites is 1. The van der Waals surface area contributed by atoms with Crippen molar-refractivity contribution in [3.63, 3.8) is 0 Å². The van der Waals surface area contributed by atoms with Gasteiger partial charge in [0.15, 0.2) is 0 Å². The van der Waals surface area contributed by atoms with Crippen molar-refractivity contribution in [3.05, 3.63) is 84.3 Å². The molecule has 3 aromatic rings. The summed E-state index contributed by atoms with van der Waals surface area (Å²) in [5.41, 5.74) is 0.814. The van der Waals surface area contributed by atoms with Crippen molar-refractivity contribution in [1.29, 1.82) is 0 Å². The van der Waals surface area contributed by atoms with Crippen LogP contribution in [0.1, 0.15) is 22.2 Å². The van der Waals surface area contributed by atoms with Gasteiger partial charge in [-0.1, -0.05) is 24.3 Å². The Balaban J connectivity index is 1.77. The van der Waals surface area contributed by atoms with E-state index in [0.717, 1.165) is 5.76 Å². The molecule has 1 N–H and O–H groups in total. The average molecular weight is 428 g/mol. The van der Waals surface area contributed by atoms with Gasteiger partial charge >= 0.3 is 0 Å². The number of nitrogens with zero attached hydrogens (tertiary/aromatic N) is 2. The predicted octanol–water partition coefficient (Wildman–Crippen LogP) is 3.14. The first-order valence-electron chi connectivity index (χ1n) is 9.43. The van der Waals surface area contributed by atoms with Crippen molar-refractivity contribution in [2.24, 2.45) is 0 Å². The van der Waals surface area contributed by atoms with E-state index < -0.39 is 10.0 Å². The smallest absolute Gasteiger partial charge is 0.264 e. The summed E-state index contributed by atoms with van der Waals surface area (Å²) in [6.45, 7) is 0.320. The van der Waals surface area contributed by atoms with Crippen molar-refractivity contribution < 1.29 is 17.6 Å². The van der Waals surface area contributed by atoms with Gasteiger partial charge in [-0.3, -0.25) is 14.0 Å². The van der Waals surface area contributed by atoms with Crippen LogP contribution < -0.4 is 9.62 Å². The number of rotatable bonds is 8. The van der Waals surface area contributed by atoms with Crippen LogP contribution >= 0.6 is 0 Å². The van der Waals surface area contributed by atoms with E-state index >= 15 is 0 Å². The molecule has 0 aliphatic carbocycles. The highest BCUT2D eigenvalue weighted by Gasteiger charge is 2.23. The molecule has 0 saturated carbocycles. The molecule has 30 heavy (non-hydrogen) atoms. The maximum Gasteiger partial charge on any atom is 0.264 e. The molecule has 3 rings (SSSR count). The number of likely N-dealkylation sites (N-methyl/N-ethyl adjacent to an activating group) is 1. The third-order valence-electron chi connectivity index (χ3n) is 4.83. The van der Waals surface area contributed by atoms with Crippen LogP contribution in [0.4, 0.5) is 5.69 Å². The number of hydrogen-bond acceptors (Lipinski definition) is 5. The lowest BCUT2D eigenvalue weighted by Crippen LogP contribution is -2.34. The summed E-state index contributed by atoms with van der Waals surface area (Å²) < 4.78 is 32.6. The molecule has 2 aromatic carbocycles. The van der Waals surface area contributed by atoms with E-state index in [1.165, 1.54) is 23.5 Å². The van der Waals surface area contributed by atoms with Crippen molar-refractivity contribution in [3.8, 4) is 0 Å². The number of nitrogens with one attached hydrogen (secondary N) is 1. The van der Waals surface area contributed by atoms with Crippen LogP contribution in [0.3, 0.4) is 0 Å². The summed E-state index contributed by atoms with van der Waals surface area (Å²) in [6, 6.07) is 18.3. The number of furan rings is 1. The summed E-state index contributed by atoms with van der Waals surface area (Å²) in [5.74, 6) is 0.383. The highest BCUT2D eigenvalue weighted by molar-refractivity contribution is 7.92. The van der Waals surface area contributed by atoms with Crippen LogP contribution in [0.5, 0.6) is 0 Å². The SMILES string of the molecule is CN(C)C(CNC(=O)c1cccc(S(=O)(=O)N(C)c2ccccc2)c1)c1ccco1. The van der Waals surface area contributed by atoms with Gasteiger partial charge < -0.3 is 9.73 Å². The van der Waals surface area contributed by atoms with Gasteiger partial charge in [0, 0.05) is 19.2 Å². The highest BCUT2D eigenvalue weighted by Crippen LogP contribution is 2.22. The number of carbonyl (C=O) groups excluding carboxylic acids is 1. The van der Waals surface area contributed by atoms with Gasteiger partial charge in [-0.2, -0.15) is 0 Å². The molecule has 158 valence electrons. The molecule has 0 bridgehead atoms. The Morgan fingerprint density at radius 2 is 1.73 bits per heavy atom. The lowest BCUT2D eigenvalue weighted by molar-refractivity contribution is 0.0939. The van der Waals surface area contributed by atoms with E-state index in [0.29, 0.717) is 12.2 Å².